The second kappa shape index (κ2) is 5.51. The summed E-state index contributed by atoms with van der Waals surface area (Å²) in [6, 6.07) is 3.99. The Labute approximate surface area is 133 Å². The Balaban J connectivity index is 1.91. The molecule has 1 saturated heterocycles. The lowest BCUT2D eigenvalue weighted by molar-refractivity contribution is 0.266. The van der Waals surface area contributed by atoms with Crippen LogP contribution in [-0.2, 0) is 0 Å². The summed E-state index contributed by atoms with van der Waals surface area (Å²) in [6.07, 6.45) is 7.42. The van der Waals surface area contributed by atoms with Gasteiger partial charge in [-0.25, -0.2) is 15.0 Å². The lowest BCUT2D eigenvalue weighted by Crippen LogP contribution is -2.32. The van der Waals surface area contributed by atoms with Gasteiger partial charge in [0.15, 0.2) is 0 Å². The highest BCUT2D eigenvalue weighted by atomic mass is 16.3. The van der Waals surface area contributed by atoms with Crippen molar-refractivity contribution in [2.75, 3.05) is 23.8 Å². The van der Waals surface area contributed by atoms with Gasteiger partial charge in [0.25, 0.3) is 0 Å². The molecule has 1 atom stereocenters. The van der Waals surface area contributed by atoms with Gasteiger partial charge in [-0.2, -0.15) is 0 Å². The summed E-state index contributed by atoms with van der Waals surface area (Å²) in [7, 11) is 0. The molecular formula is C16H18N6O. The van der Waals surface area contributed by atoms with Gasteiger partial charge in [-0.15, -0.1) is 0 Å². The molecule has 23 heavy (non-hydrogen) atoms. The summed E-state index contributed by atoms with van der Waals surface area (Å²) in [5.74, 6) is 0.247. The van der Waals surface area contributed by atoms with E-state index in [2.05, 4.69) is 24.8 Å². The van der Waals surface area contributed by atoms with Crippen LogP contribution in [0.5, 0.6) is 0 Å². The highest BCUT2D eigenvalue weighted by molar-refractivity contribution is 6.02. The number of aromatic amines is 1. The van der Waals surface area contributed by atoms with Crippen molar-refractivity contribution in [3.8, 4) is 11.3 Å². The van der Waals surface area contributed by atoms with Crippen molar-refractivity contribution in [1.29, 1.82) is 0 Å². The summed E-state index contributed by atoms with van der Waals surface area (Å²) < 4.78 is 0. The average molecular weight is 310 g/mol. The van der Waals surface area contributed by atoms with Gasteiger partial charge >= 0.3 is 0 Å². The first-order valence-corrected chi connectivity index (χ1v) is 7.70. The zero-order chi connectivity index (χ0) is 15.8. The minimum absolute atomic E-state index is 0.152. The Kier molecular flexibility index (Phi) is 3.34. The number of aliphatic hydroxyl groups excluding tert-OH is 1. The van der Waals surface area contributed by atoms with Crippen LogP contribution in [0.1, 0.15) is 12.8 Å². The standard InChI is InChI=1S/C16H18N6O/c17-16-19-5-3-12(21-16)11-8-20-15-14(11)13(4-6-18-15)22-7-1-2-10(22)9-23/h3-6,8,10,23H,1-2,7,9H2,(H,18,20)(H2,17,19,21)/t10-/m1/s1. The van der Waals surface area contributed by atoms with Crippen LogP contribution in [0.2, 0.25) is 0 Å². The number of hydrogen-bond donors (Lipinski definition) is 3. The molecule has 0 amide bonds. The smallest absolute Gasteiger partial charge is 0.220 e. The molecule has 7 heteroatoms. The average Bonchev–Trinajstić information content (AvgIpc) is 3.21. The van der Waals surface area contributed by atoms with E-state index in [0.29, 0.717) is 0 Å². The van der Waals surface area contributed by atoms with Crippen molar-refractivity contribution < 1.29 is 5.11 Å². The van der Waals surface area contributed by atoms with Gasteiger partial charge in [-0.05, 0) is 25.0 Å². The van der Waals surface area contributed by atoms with E-state index in [0.717, 1.165) is 47.4 Å². The van der Waals surface area contributed by atoms with Crippen molar-refractivity contribution in [2.24, 2.45) is 0 Å². The van der Waals surface area contributed by atoms with Gasteiger partial charge in [-0.1, -0.05) is 0 Å². The first kappa shape index (κ1) is 14.0. The third-order valence-corrected chi connectivity index (χ3v) is 4.40. The summed E-state index contributed by atoms with van der Waals surface area (Å²) in [5, 5.41) is 10.6. The highest BCUT2D eigenvalue weighted by Crippen LogP contribution is 2.37. The Morgan fingerprint density at radius 1 is 1.30 bits per heavy atom. The largest absolute Gasteiger partial charge is 0.394 e. The topological polar surface area (TPSA) is 104 Å². The Hall–Kier alpha value is -2.67. The minimum Gasteiger partial charge on any atom is -0.394 e. The number of pyridine rings is 1. The van der Waals surface area contributed by atoms with Crippen molar-refractivity contribution in [3.63, 3.8) is 0 Å². The van der Waals surface area contributed by atoms with Gasteiger partial charge in [0.05, 0.1) is 29.4 Å². The number of aliphatic hydroxyl groups is 1. The molecule has 0 saturated carbocycles. The van der Waals surface area contributed by atoms with Crippen molar-refractivity contribution in [3.05, 3.63) is 30.7 Å². The van der Waals surface area contributed by atoms with Crippen LogP contribution in [0.4, 0.5) is 11.6 Å². The highest BCUT2D eigenvalue weighted by Gasteiger charge is 2.26. The lowest BCUT2D eigenvalue weighted by atomic mass is 10.1. The zero-order valence-electron chi connectivity index (χ0n) is 12.6. The first-order chi connectivity index (χ1) is 11.3. The molecule has 0 bridgehead atoms. The van der Waals surface area contributed by atoms with E-state index < -0.39 is 0 Å². The van der Waals surface area contributed by atoms with Crippen LogP contribution in [0.15, 0.2) is 30.7 Å². The van der Waals surface area contributed by atoms with E-state index in [9.17, 15) is 5.11 Å². The Morgan fingerprint density at radius 2 is 2.17 bits per heavy atom. The number of H-pyrrole nitrogens is 1. The molecule has 3 aromatic heterocycles. The molecule has 4 N–H and O–H groups in total. The number of anilines is 2. The molecule has 0 spiro atoms. The number of nitrogens with one attached hydrogen (secondary N) is 1. The molecular weight excluding hydrogens is 292 g/mol. The van der Waals surface area contributed by atoms with Crippen LogP contribution in [-0.4, -0.2) is 44.2 Å². The predicted octanol–water partition coefficient (Wildman–Crippen LogP) is 1.56. The van der Waals surface area contributed by atoms with E-state index >= 15 is 0 Å². The molecule has 1 fully saturated rings. The molecule has 0 unspecified atom stereocenters. The second-order valence-corrected chi connectivity index (χ2v) is 5.73. The predicted molar refractivity (Wildman–Crippen MR) is 89.0 cm³/mol. The van der Waals surface area contributed by atoms with Gasteiger partial charge in [-0.3, -0.25) is 0 Å². The summed E-state index contributed by atoms with van der Waals surface area (Å²) in [6.45, 7) is 1.09. The Bertz CT molecular complexity index is 845. The number of rotatable bonds is 3. The zero-order valence-corrected chi connectivity index (χ0v) is 12.6. The van der Waals surface area contributed by atoms with E-state index in [1.807, 2.05) is 18.3 Å². The van der Waals surface area contributed by atoms with Crippen LogP contribution in [0.25, 0.3) is 22.3 Å². The summed E-state index contributed by atoms with van der Waals surface area (Å²) >= 11 is 0. The lowest BCUT2D eigenvalue weighted by Gasteiger charge is -2.26. The fraction of sp³-hybridized carbons (Fsp3) is 0.312. The van der Waals surface area contributed by atoms with Gasteiger partial charge in [0.1, 0.15) is 5.65 Å². The monoisotopic (exact) mass is 310 g/mol. The van der Waals surface area contributed by atoms with Crippen molar-refractivity contribution in [1.82, 2.24) is 19.9 Å². The maximum absolute atomic E-state index is 9.64. The molecule has 1 aliphatic heterocycles. The number of fused-ring (bicyclic) bond motifs is 1. The molecule has 4 rings (SSSR count). The summed E-state index contributed by atoms with van der Waals surface area (Å²) in [4.78, 5) is 18.1. The quantitative estimate of drug-likeness (QED) is 0.678. The number of hydrogen-bond acceptors (Lipinski definition) is 6. The molecule has 4 heterocycles. The van der Waals surface area contributed by atoms with Crippen LogP contribution in [0, 0.1) is 0 Å². The SMILES string of the molecule is Nc1nccc(-c2c[nH]c3nccc(N4CCC[C@@H]4CO)c23)n1. The van der Waals surface area contributed by atoms with Crippen LogP contribution < -0.4 is 10.6 Å². The van der Waals surface area contributed by atoms with Gasteiger partial charge in [0.2, 0.25) is 5.95 Å². The van der Waals surface area contributed by atoms with E-state index in [1.165, 1.54) is 0 Å². The summed E-state index contributed by atoms with van der Waals surface area (Å²) in [5.41, 5.74) is 9.30. The van der Waals surface area contributed by atoms with Crippen LogP contribution >= 0.6 is 0 Å². The maximum atomic E-state index is 9.64. The molecule has 1 aliphatic rings. The number of nitrogen functional groups attached to an aromatic ring is 1. The molecule has 7 nitrogen and oxygen atoms in total. The first-order valence-electron chi connectivity index (χ1n) is 7.70. The number of nitrogens with two attached hydrogens (primary N) is 1. The number of nitrogens with zero attached hydrogens (tertiary/aromatic N) is 4. The fourth-order valence-electron chi connectivity index (χ4n) is 3.35. The second-order valence-electron chi connectivity index (χ2n) is 5.73. The molecule has 0 aromatic carbocycles. The maximum Gasteiger partial charge on any atom is 0.220 e. The van der Waals surface area contributed by atoms with Crippen LogP contribution in [0.3, 0.4) is 0 Å². The van der Waals surface area contributed by atoms with E-state index in [1.54, 1.807) is 12.4 Å². The molecule has 118 valence electrons. The van der Waals surface area contributed by atoms with Gasteiger partial charge in [0, 0.05) is 30.7 Å². The number of aromatic nitrogens is 4. The van der Waals surface area contributed by atoms with E-state index in [-0.39, 0.29) is 18.6 Å². The molecule has 0 radical (unpaired) electrons. The minimum atomic E-state index is 0.152. The van der Waals surface area contributed by atoms with Crippen molar-refractivity contribution in [2.45, 2.75) is 18.9 Å². The van der Waals surface area contributed by atoms with Gasteiger partial charge < -0.3 is 20.7 Å². The molecule has 0 aliphatic carbocycles. The third kappa shape index (κ3) is 2.29. The normalized spacial score (nSPS) is 18.0. The van der Waals surface area contributed by atoms with E-state index in [4.69, 9.17) is 5.73 Å². The molecule has 3 aromatic rings. The Morgan fingerprint density at radius 3 is 3.00 bits per heavy atom. The third-order valence-electron chi connectivity index (χ3n) is 4.40. The van der Waals surface area contributed by atoms with Crippen molar-refractivity contribution >= 4 is 22.7 Å². The fourth-order valence-corrected chi connectivity index (χ4v) is 3.35.